The van der Waals surface area contributed by atoms with Crippen molar-refractivity contribution in [2.75, 3.05) is 11.5 Å². The fourth-order valence-corrected chi connectivity index (χ4v) is 6.76. The summed E-state index contributed by atoms with van der Waals surface area (Å²) in [6.45, 7) is 4.53. The lowest BCUT2D eigenvalue weighted by Crippen LogP contribution is -2.42. The highest BCUT2D eigenvalue weighted by atomic mass is 32.2. The number of hydrogen-bond donors (Lipinski definition) is 3. The molecule has 0 saturated carbocycles. The smallest absolute Gasteiger partial charge is 0.327 e. The van der Waals surface area contributed by atoms with Gasteiger partial charge < -0.3 is 15.5 Å². The van der Waals surface area contributed by atoms with Crippen molar-refractivity contribution in [3.8, 4) is 0 Å². The van der Waals surface area contributed by atoms with Gasteiger partial charge in [-0.2, -0.15) is 11.8 Å². The zero-order valence-electron chi connectivity index (χ0n) is 28.7. The van der Waals surface area contributed by atoms with Crippen molar-refractivity contribution >= 4 is 23.6 Å². The second kappa shape index (κ2) is 34.1. The maximum atomic E-state index is 12.3. The Bertz CT molecular complexity index is 603. The first-order valence-corrected chi connectivity index (χ1v) is 19.9. The summed E-state index contributed by atoms with van der Waals surface area (Å²) in [6, 6.07) is -0.882. The molecule has 0 spiro atoms. The van der Waals surface area contributed by atoms with E-state index in [0.717, 1.165) is 38.5 Å². The minimum absolute atomic E-state index is 0.168. The molecule has 0 rings (SSSR count). The summed E-state index contributed by atoms with van der Waals surface area (Å²) in [6.07, 6.45) is 35.7. The number of aliphatic hydroxyl groups excluding tert-OH is 1. The third kappa shape index (κ3) is 32.5. The second-order valence-corrected chi connectivity index (χ2v) is 14.1. The van der Waals surface area contributed by atoms with Gasteiger partial charge in [0.15, 0.2) is 0 Å². The van der Waals surface area contributed by atoms with E-state index in [0.29, 0.717) is 17.9 Å². The maximum Gasteiger partial charge on any atom is 0.327 e. The Morgan fingerprint density at radius 1 is 0.535 bits per heavy atom. The van der Waals surface area contributed by atoms with Crippen molar-refractivity contribution in [1.82, 2.24) is 5.32 Å². The summed E-state index contributed by atoms with van der Waals surface area (Å²) in [4.78, 5) is 23.9. The summed E-state index contributed by atoms with van der Waals surface area (Å²) in [5.74, 6) is -0.335. The predicted molar refractivity (Wildman–Crippen MR) is 188 cm³/mol. The molecule has 1 amide bonds. The minimum Gasteiger partial charge on any atom is -0.480 e. The number of amides is 1. The van der Waals surface area contributed by atoms with E-state index in [2.05, 4.69) is 19.2 Å². The molecule has 6 heteroatoms. The molecule has 0 bridgehead atoms. The first-order valence-electron chi connectivity index (χ1n) is 18.8. The van der Waals surface area contributed by atoms with Crippen LogP contribution in [-0.4, -0.2) is 45.7 Å². The molecule has 2 atom stereocenters. The molecule has 3 N–H and O–H groups in total. The van der Waals surface area contributed by atoms with E-state index in [1.54, 1.807) is 0 Å². The summed E-state index contributed by atoms with van der Waals surface area (Å²) in [5, 5.41) is 22.5. The Labute approximate surface area is 271 Å². The van der Waals surface area contributed by atoms with Crippen LogP contribution in [0.4, 0.5) is 0 Å². The molecular weight excluding hydrogens is 554 g/mol. The predicted octanol–water partition coefficient (Wildman–Crippen LogP) is 11.0. The highest BCUT2D eigenvalue weighted by molar-refractivity contribution is 7.99. The number of nitrogens with one attached hydrogen (secondary N) is 1. The summed E-state index contributed by atoms with van der Waals surface area (Å²) in [5.41, 5.74) is 0. The van der Waals surface area contributed by atoms with Gasteiger partial charge in [0.1, 0.15) is 6.04 Å². The summed E-state index contributed by atoms with van der Waals surface area (Å²) in [7, 11) is 0. The van der Waals surface area contributed by atoms with Crippen LogP contribution in [0.3, 0.4) is 0 Å². The first-order chi connectivity index (χ1) is 21.0. The third-order valence-electron chi connectivity index (χ3n) is 8.63. The molecule has 0 aromatic rings. The molecule has 0 aliphatic heterocycles. The number of aliphatic hydroxyl groups is 1. The van der Waals surface area contributed by atoms with Gasteiger partial charge in [0.25, 0.3) is 0 Å². The number of carboxylic acid groups (broad SMARTS) is 1. The minimum atomic E-state index is -0.993. The lowest BCUT2D eigenvalue weighted by Gasteiger charge is -2.16. The SMILES string of the molecule is CCCCCCCCCCCCCCCC[C@@H](O)CSC[C@@H](NC(=O)CCCCCCCCCCCCCCC)C(=O)O. The fourth-order valence-electron chi connectivity index (χ4n) is 5.72. The molecule has 0 saturated heterocycles. The van der Waals surface area contributed by atoms with Crippen molar-refractivity contribution in [3.63, 3.8) is 0 Å². The standard InChI is InChI=1S/C37H73NO4S/c1-3-5-7-9-11-13-15-17-19-20-22-24-26-28-30-34(39)32-43-33-35(37(41)42)38-36(40)31-29-27-25-23-21-18-16-14-12-10-8-6-4-2/h34-35,39H,3-33H2,1-2H3,(H,38,40)(H,41,42)/t34-,35-/m1/s1. The molecule has 5 nitrogen and oxygen atoms in total. The lowest BCUT2D eigenvalue weighted by molar-refractivity contribution is -0.141. The molecular formula is C37H73NO4S. The van der Waals surface area contributed by atoms with E-state index in [1.807, 2.05) is 0 Å². The number of carbonyl (C=O) groups is 2. The van der Waals surface area contributed by atoms with Crippen molar-refractivity contribution in [1.29, 1.82) is 0 Å². The Morgan fingerprint density at radius 2 is 0.884 bits per heavy atom. The van der Waals surface area contributed by atoms with Crippen LogP contribution in [0.2, 0.25) is 0 Å². The molecule has 0 radical (unpaired) electrons. The number of aliphatic carboxylic acids is 1. The van der Waals surface area contributed by atoms with Gasteiger partial charge in [-0.15, -0.1) is 0 Å². The van der Waals surface area contributed by atoms with Crippen molar-refractivity contribution in [3.05, 3.63) is 0 Å². The van der Waals surface area contributed by atoms with Gasteiger partial charge in [-0.05, 0) is 12.8 Å². The van der Waals surface area contributed by atoms with E-state index in [9.17, 15) is 19.8 Å². The molecule has 256 valence electrons. The van der Waals surface area contributed by atoms with Crippen LogP contribution in [0.25, 0.3) is 0 Å². The Hall–Kier alpha value is -0.750. The zero-order valence-corrected chi connectivity index (χ0v) is 29.5. The van der Waals surface area contributed by atoms with Crippen LogP contribution in [0.1, 0.15) is 200 Å². The fraction of sp³-hybridized carbons (Fsp3) is 0.946. The Morgan fingerprint density at radius 3 is 1.26 bits per heavy atom. The van der Waals surface area contributed by atoms with Gasteiger partial charge in [0.05, 0.1) is 6.10 Å². The average Bonchev–Trinajstić information content (AvgIpc) is 2.99. The van der Waals surface area contributed by atoms with E-state index >= 15 is 0 Å². The van der Waals surface area contributed by atoms with Crippen molar-refractivity contribution in [2.24, 2.45) is 0 Å². The Kier molecular flexibility index (Phi) is 33.5. The van der Waals surface area contributed by atoms with Crippen molar-refractivity contribution < 1.29 is 19.8 Å². The topological polar surface area (TPSA) is 86.6 Å². The van der Waals surface area contributed by atoms with Gasteiger partial charge in [0, 0.05) is 17.9 Å². The highest BCUT2D eigenvalue weighted by Crippen LogP contribution is 2.16. The molecule has 0 fully saturated rings. The van der Waals surface area contributed by atoms with Crippen LogP contribution in [0, 0.1) is 0 Å². The van der Waals surface area contributed by atoms with Crippen LogP contribution in [0.5, 0.6) is 0 Å². The molecule has 0 aliphatic carbocycles. The van der Waals surface area contributed by atoms with Gasteiger partial charge in [-0.25, -0.2) is 4.79 Å². The van der Waals surface area contributed by atoms with Gasteiger partial charge >= 0.3 is 5.97 Å². The average molecular weight is 628 g/mol. The quantitative estimate of drug-likeness (QED) is 0.0609. The molecule has 0 aliphatic rings. The van der Waals surface area contributed by atoms with Gasteiger partial charge in [0.2, 0.25) is 5.91 Å². The van der Waals surface area contributed by atoms with E-state index in [1.165, 1.54) is 153 Å². The van der Waals surface area contributed by atoms with E-state index in [4.69, 9.17) is 0 Å². The lowest BCUT2D eigenvalue weighted by atomic mass is 10.0. The number of carbonyl (C=O) groups excluding carboxylic acids is 1. The molecule has 0 aromatic heterocycles. The molecule has 0 heterocycles. The number of thioether (sulfide) groups is 1. The van der Waals surface area contributed by atoms with Gasteiger partial charge in [-0.1, -0.05) is 181 Å². The number of unbranched alkanes of at least 4 members (excludes halogenated alkanes) is 25. The normalized spacial score (nSPS) is 12.8. The number of rotatable bonds is 35. The summed E-state index contributed by atoms with van der Waals surface area (Å²) >= 11 is 1.43. The van der Waals surface area contributed by atoms with E-state index < -0.39 is 18.1 Å². The number of carboxylic acids is 1. The van der Waals surface area contributed by atoms with Crippen LogP contribution in [0.15, 0.2) is 0 Å². The van der Waals surface area contributed by atoms with Crippen molar-refractivity contribution in [2.45, 2.75) is 212 Å². The van der Waals surface area contributed by atoms with E-state index in [-0.39, 0.29) is 5.91 Å². The van der Waals surface area contributed by atoms with Gasteiger partial charge in [-0.3, -0.25) is 4.79 Å². The zero-order chi connectivity index (χ0) is 31.6. The van der Waals surface area contributed by atoms with Crippen LogP contribution in [-0.2, 0) is 9.59 Å². The monoisotopic (exact) mass is 628 g/mol. The highest BCUT2D eigenvalue weighted by Gasteiger charge is 2.20. The maximum absolute atomic E-state index is 12.3. The number of hydrogen-bond acceptors (Lipinski definition) is 4. The molecule has 0 unspecified atom stereocenters. The summed E-state index contributed by atoms with van der Waals surface area (Å²) < 4.78 is 0. The second-order valence-electron chi connectivity index (χ2n) is 13.0. The molecule has 0 aromatic carbocycles. The third-order valence-corrected chi connectivity index (χ3v) is 9.82. The largest absolute Gasteiger partial charge is 0.480 e. The van der Waals surface area contributed by atoms with Crippen LogP contribution < -0.4 is 5.32 Å². The molecule has 43 heavy (non-hydrogen) atoms. The Balaban J connectivity index is 3.62. The van der Waals surface area contributed by atoms with Crippen LogP contribution >= 0.6 is 11.8 Å². The first kappa shape index (κ1) is 42.2.